The number of nitrogens with zero attached hydrogens (tertiary/aromatic N) is 7. The number of nitrogens with one attached hydrogen (secondary N) is 1. The van der Waals surface area contributed by atoms with E-state index in [1.807, 2.05) is 42.1 Å². The van der Waals surface area contributed by atoms with Crippen LogP contribution in [0.4, 0.5) is 5.82 Å². The first-order chi connectivity index (χ1) is 26.2. The minimum Gasteiger partial charge on any atom is -0.458 e. The van der Waals surface area contributed by atoms with E-state index in [4.69, 9.17) is 4.74 Å². The molecule has 4 heterocycles. The number of ketones is 1. The van der Waals surface area contributed by atoms with Crippen molar-refractivity contribution in [2.24, 2.45) is 34.0 Å². The number of aliphatic hydroxyl groups excluding tert-OH is 2. The number of rotatable bonds is 11. The minimum absolute atomic E-state index is 0.0423. The lowest BCUT2D eigenvalue weighted by Gasteiger charge is -2.64. The van der Waals surface area contributed by atoms with Gasteiger partial charge in [-0.05, 0) is 69.4 Å². The number of aryl methyl sites for hydroxylation is 1. The Bertz CT molecular complexity index is 1780. The highest BCUT2D eigenvalue weighted by Crippen LogP contribution is 2.69. The van der Waals surface area contributed by atoms with Crippen molar-refractivity contribution in [3.8, 4) is 0 Å². The number of Topliss-reactive ketones (excluding diaryl/α,β-unsaturated/α-hetero) is 1. The molecule has 14 nitrogen and oxygen atoms in total. The summed E-state index contributed by atoms with van der Waals surface area (Å²) in [5.74, 6) is 0.425. The standard InChI is InChI=1S/C41H62N8O6/c1-7-38(4)21-30(51)40(6)34-29(50)9-12-41(34,27(3)35(38)54)14-13-39(40,5)55-32(53)24-46-17-19-47(20-18-46)31(52)11-16-49-26-45-33-36(43-25-44-37(33)49)48-15-10-28(23-48)22-42-8-2/h7,25-28,30,34-35,42,51,54H,1,8-24H2,2-6H3. The zero-order valence-corrected chi connectivity index (χ0v) is 33.5. The highest BCUT2D eigenvalue weighted by molar-refractivity contribution is 5.86. The number of carbonyl (C=O) groups excluding carboxylic acids is 3. The van der Waals surface area contributed by atoms with Gasteiger partial charge >= 0.3 is 5.97 Å². The number of aromatic nitrogens is 4. The van der Waals surface area contributed by atoms with Gasteiger partial charge in [-0.1, -0.05) is 33.8 Å². The summed E-state index contributed by atoms with van der Waals surface area (Å²) in [5, 5.41) is 27.1. The van der Waals surface area contributed by atoms with E-state index in [2.05, 4.69) is 38.7 Å². The number of hydrogen-bond donors (Lipinski definition) is 3. The molecule has 3 aliphatic carbocycles. The Labute approximate surface area is 325 Å². The van der Waals surface area contributed by atoms with Crippen LogP contribution in [0, 0.1) is 34.0 Å². The first-order valence-electron chi connectivity index (χ1n) is 20.6. The number of piperazine rings is 1. The monoisotopic (exact) mass is 762 g/mol. The maximum absolute atomic E-state index is 13.8. The minimum atomic E-state index is -1.09. The summed E-state index contributed by atoms with van der Waals surface area (Å²) in [7, 11) is 0. The van der Waals surface area contributed by atoms with Crippen LogP contribution < -0.4 is 10.2 Å². The SMILES string of the molecule is C=CC1(C)CC(O)C2(C)C3C(=O)CCC3(CCC2(C)OC(=O)CN2CCN(C(=O)CCn3cnc4c(N5CCC(CNCC)C5)ncnc43)CC2)C(C)C1O. The Morgan fingerprint density at radius 2 is 1.84 bits per heavy atom. The van der Waals surface area contributed by atoms with E-state index in [1.165, 1.54) is 0 Å². The van der Waals surface area contributed by atoms with Crippen molar-refractivity contribution in [3.05, 3.63) is 25.3 Å². The van der Waals surface area contributed by atoms with Crippen molar-refractivity contribution in [1.82, 2.24) is 34.6 Å². The molecule has 2 aromatic rings. The van der Waals surface area contributed by atoms with Crippen LogP contribution in [0.2, 0.25) is 0 Å². The Balaban J connectivity index is 0.946. The van der Waals surface area contributed by atoms with Gasteiger partial charge in [-0.15, -0.1) is 6.58 Å². The van der Waals surface area contributed by atoms with Gasteiger partial charge in [0.05, 0.1) is 25.1 Å². The smallest absolute Gasteiger partial charge is 0.320 e. The molecule has 0 radical (unpaired) electrons. The normalized spacial score (nSPS) is 36.8. The van der Waals surface area contributed by atoms with Gasteiger partial charge < -0.3 is 34.6 Å². The second kappa shape index (κ2) is 15.1. The molecule has 5 fully saturated rings. The van der Waals surface area contributed by atoms with Gasteiger partial charge in [0.25, 0.3) is 0 Å². The Morgan fingerprint density at radius 1 is 1.07 bits per heavy atom. The predicted molar refractivity (Wildman–Crippen MR) is 208 cm³/mol. The number of carbonyl (C=O) groups is 3. The molecule has 2 aromatic heterocycles. The number of amides is 1. The van der Waals surface area contributed by atoms with Crippen LogP contribution in [0.25, 0.3) is 11.2 Å². The molecule has 14 heteroatoms. The quantitative estimate of drug-likeness (QED) is 0.227. The number of imidazole rings is 1. The first kappa shape index (κ1) is 39.8. The van der Waals surface area contributed by atoms with Crippen molar-refractivity contribution in [3.63, 3.8) is 0 Å². The molecule has 2 bridgehead atoms. The second-order valence-corrected chi connectivity index (χ2v) is 17.9. The fraction of sp³-hybridized carbons (Fsp3) is 0.756. The molecule has 3 saturated carbocycles. The Hall–Kier alpha value is -3.46. The largest absolute Gasteiger partial charge is 0.458 e. The van der Waals surface area contributed by atoms with Crippen molar-refractivity contribution in [2.75, 3.05) is 63.8 Å². The summed E-state index contributed by atoms with van der Waals surface area (Å²) in [6.45, 7) is 20.3. The fourth-order valence-corrected chi connectivity index (χ4v) is 11.3. The molecular formula is C41H62N8O6. The highest BCUT2D eigenvalue weighted by Gasteiger charge is 2.72. The molecule has 55 heavy (non-hydrogen) atoms. The average Bonchev–Trinajstić information content (AvgIpc) is 3.91. The molecule has 0 aromatic carbocycles. The Kier molecular flexibility index (Phi) is 10.9. The van der Waals surface area contributed by atoms with E-state index in [0.29, 0.717) is 70.7 Å². The van der Waals surface area contributed by atoms with Crippen LogP contribution in [0.5, 0.6) is 0 Å². The van der Waals surface area contributed by atoms with Crippen molar-refractivity contribution < 1.29 is 29.3 Å². The van der Waals surface area contributed by atoms with Crippen LogP contribution in [0.15, 0.2) is 25.3 Å². The van der Waals surface area contributed by atoms with Gasteiger partial charge in [0.2, 0.25) is 5.91 Å². The maximum Gasteiger partial charge on any atom is 0.320 e. The van der Waals surface area contributed by atoms with E-state index in [-0.39, 0.29) is 30.6 Å². The summed E-state index contributed by atoms with van der Waals surface area (Å²) < 4.78 is 8.35. The lowest BCUT2D eigenvalue weighted by molar-refractivity contribution is -0.252. The molecule has 7 rings (SSSR count). The average molecular weight is 763 g/mol. The number of anilines is 1. The van der Waals surface area contributed by atoms with Crippen LogP contribution >= 0.6 is 0 Å². The third kappa shape index (κ3) is 6.78. The van der Waals surface area contributed by atoms with Gasteiger partial charge in [-0.25, -0.2) is 15.0 Å². The molecule has 302 valence electrons. The topological polar surface area (TPSA) is 166 Å². The zero-order valence-electron chi connectivity index (χ0n) is 33.5. The molecule has 5 aliphatic rings. The van der Waals surface area contributed by atoms with Gasteiger partial charge in [0, 0.05) is 75.4 Å². The first-order valence-corrected chi connectivity index (χ1v) is 20.6. The van der Waals surface area contributed by atoms with Crippen LogP contribution in [-0.2, 0) is 25.7 Å². The predicted octanol–water partition coefficient (Wildman–Crippen LogP) is 2.82. The van der Waals surface area contributed by atoms with E-state index in [9.17, 15) is 24.6 Å². The van der Waals surface area contributed by atoms with E-state index >= 15 is 0 Å². The lowest BCUT2D eigenvalue weighted by Crippen LogP contribution is -2.69. The van der Waals surface area contributed by atoms with Crippen LogP contribution in [0.3, 0.4) is 0 Å². The fourth-order valence-electron chi connectivity index (χ4n) is 11.3. The molecule has 3 N–H and O–H groups in total. The summed E-state index contributed by atoms with van der Waals surface area (Å²) in [5.41, 5.74) is -1.90. The number of ether oxygens (including phenoxy) is 1. The number of esters is 1. The molecule has 2 saturated heterocycles. The summed E-state index contributed by atoms with van der Waals surface area (Å²) in [6.07, 6.45) is 7.10. The van der Waals surface area contributed by atoms with Crippen molar-refractivity contribution in [1.29, 1.82) is 0 Å². The van der Waals surface area contributed by atoms with Gasteiger partial charge in [0.1, 0.15) is 17.7 Å². The molecule has 1 amide bonds. The van der Waals surface area contributed by atoms with Gasteiger partial charge in [0.15, 0.2) is 17.0 Å². The Morgan fingerprint density at radius 3 is 2.56 bits per heavy atom. The third-order valence-electron chi connectivity index (χ3n) is 15.0. The zero-order chi connectivity index (χ0) is 39.3. The molecule has 0 spiro atoms. The second-order valence-electron chi connectivity index (χ2n) is 17.9. The van der Waals surface area contributed by atoms with E-state index < -0.39 is 45.9 Å². The number of aliphatic hydroxyl groups is 2. The number of fused-ring (bicyclic) bond motifs is 1. The maximum atomic E-state index is 13.8. The molecular weight excluding hydrogens is 701 g/mol. The summed E-state index contributed by atoms with van der Waals surface area (Å²) >= 11 is 0. The van der Waals surface area contributed by atoms with E-state index in [1.54, 1.807) is 18.7 Å². The summed E-state index contributed by atoms with van der Waals surface area (Å²) in [4.78, 5) is 60.8. The summed E-state index contributed by atoms with van der Waals surface area (Å²) in [6, 6.07) is 0. The lowest BCUT2D eigenvalue weighted by atomic mass is 9.42. The van der Waals surface area contributed by atoms with Crippen molar-refractivity contribution in [2.45, 2.75) is 104 Å². The number of hydrogen-bond acceptors (Lipinski definition) is 12. The van der Waals surface area contributed by atoms with E-state index in [0.717, 1.165) is 49.6 Å². The van der Waals surface area contributed by atoms with Crippen molar-refractivity contribution >= 4 is 34.6 Å². The third-order valence-corrected chi connectivity index (χ3v) is 15.0. The molecule has 9 unspecified atom stereocenters. The van der Waals surface area contributed by atoms with Crippen LogP contribution in [-0.4, -0.2) is 134 Å². The van der Waals surface area contributed by atoms with Crippen LogP contribution in [0.1, 0.15) is 79.6 Å². The van der Waals surface area contributed by atoms with Gasteiger partial charge in [-0.2, -0.15) is 0 Å². The molecule has 2 aliphatic heterocycles. The highest BCUT2D eigenvalue weighted by atomic mass is 16.6. The van der Waals surface area contributed by atoms with Gasteiger partial charge in [-0.3, -0.25) is 19.3 Å². The molecule has 9 atom stereocenters.